The highest BCUT2D eigenvalue weighted by atomic mass is 32.1. The number of nitrogens with one attached hydrogen (secondary N) is 1. The first kappa shape index (κ1) is 14.3. The quantitative estimate of drug-likeness (QED) is 0.816. The van der Waals surface area contributed by atoms with E-state index in [0.717, 1.165) is 17.2 Å². The Morgan fingerprint density at radius 1 is 1.32 bits per heavy atom. The van der Waals surface area contributed by atoms with Crippen molar-refractivity contribution in [3.8, 4) is 0 Å². The Bertz CT molecular complexity index is 448. The third-order valence-corrected chi connectivity index (χ3v) is 4.44. The normalized spacial score (nSPS) is 23.1. The molecule has 1 aromatic carbocycles. The van der Waals surface area contributed by atoms with Gasteiger partial charge in [0, 0.05) is 17.3 Å². The molecule has 1 fully saturated rings. The Morgan fingerprint density at radius 3 is 2.58 bits per heavy atom. The Balaban J connectivity index is 2.06. The van der Waals surface area contributed by atoms with Crippen LogP contribution in [0.4, 0.5) is 5.69 Å². The molecule has 0 radical (unpaired) electrons. The monoisotopic (exact) mass is 276 g/mol. The van der Waals surface area contributed by atoms with Gasteiger partial charge in [-0.2, -0.15) is 0 Å². The first-order chi connectivity index (χ1) is 9.10. The third kappa shape index (κ3) is 3.69. The van der Waals surface area contributed by atoms with E-state index < -0.39 is 0 Å². The molecule has 104 valence electrons. The van der Waals surface area contributed by atoms with E-state index in [4.69, 9.17) is 18.0 Å². The minimum absolute atomic E-state index is 0.477. The van der Waals surface area contributed by atoms with E-state index in [1.807, 2.05) is 6.07 Å². The zero-order valence-corrected chi connectivity index (χ0v) is 12.7. The standard InChI is InChI=1S/C16H24N2S/c1-3-12-5-7-13(8-6-12)18-15-10-11(2)4-9-14(15)16(17)19/h4,9-10,12-13,18H,3,5-8H2,1-2H3,(H2,17,19). The number of rotatable bonds is 4. The molecule has 1 saturated carbocycles. The molecule has 0 aromatic heterocycles. The molecule has 2 rings (SSSR count). The molecular weight excluding hydrogens is 252 g/mol. The van der Waals surface area contributed by atoms with E-state index >= 15 is 0 Å². The Labute approximate surface area is 121 Å². The predicted octanol–water partition coefficient (Wildman–Crippen LogP) is 4.01. The Morgan fingerprint density at radius 2 is 2.00 bits per heavy atom. The van der Waals surface area contributed by atoms with E-state index in [9.17, 15) is 0 Å². The summed E-state index contributed by atoms with van der Waals surface area (Å²) in [6.07, 6.45) is 6.49. The molecule has 3 N–H and O–H groups in total. The molecule has 0 saturated heterocycles. The molecular formula is C16H24N2S. The molecule has 0 amide bonds. The maximum absolute atomic E-state index is 5.80. The summed E-state index contributed by atoms with van der Waals surface area (Å²) < 4.78 is 0. The molecule has 0 unspecified atom stereocenters. The summed E-state index contributed by atoms with van der Waals surface area (Å²) in [5.41, 5.74) is 9.12. The second-order valence-corrected chi connectivity index (χ2v) is 6.12. The van der Waals surface area contributed by atoms with Crippen molar-refractivity contribution < 1.29 is 0 Å². The van der Waals surface area contributed by atoms with E-state index in [-0.39, 0.29) is 0 Å². The minimum Gasteiger partial charge on any atom is -0.389 e. The van der Waals surface area contributed by atoms with Crippen LogP contribution >= 0.6 is 12.2 Å². The van der Waals surface area contributed by atoms with E-state index in [1.54, 1.807) is 0 Å². The van der Waals surface area contributed by atoms with E-state index in [0.29, 0.717) is 11.0 Å². The van der Waals surface area contributed by atoms with Crippen molar-refractivity contribution in [3.63, 3.8) is 0 Å². The number of hydrogen-bond acceptors (Lipinski definition) is 2. The molecule has 1 aromatic rings. The van der Waals surface area contributed by atoms with Crippen molar-refractivity contribution in [3.05, 3.63) is 29.3 Å². The average molecular weight is 276 g/mol. The summed E-state index contributed by atoms with van der Waals surface area (Å²) >= 11 is 5.14. The summed E-state index contributed by atoms with van der Waals surface area (Å²) in [6, 6.07) is 6.81. The lowest BCUT2D eigenvalue weighted by Gasteiger charge is -2.30. The first-order valence-electron chi connectivity index (χ1n) is 7.27. The van der Waals surface area contributed by atoms with Gasteiger partial charge >= 0.3 is 0 Å². The average Bonchev–Trinajstić information content (AvgIpc) is 2.39. The van der Waals surface area contributed by atoms with Crippen molar-refractivity contribution in [1.29, 1.82) is 0 Å². The van der Waals surface area contributed by atoms with Crippen LogP contribution in [-0.2, 0) is 0 Å². The highest BCUT2D eigenvalue weighted by Gasteiger charge is 2.20. The van der Waals surface area contributed by atoms with Gasteiger partial charge in [-0.1, -0.05) is 31.6 Å². The number of aryl methyl sites for hydroxylation is 1. The topological polar surface area (TPSA) is 38.0 Å². The summed E-state index contributed by atoms with van der Waals surface area (Å²) in [5, 5.41) is 3.65. The van der Waals surface area contributed by atoms with Crippen LogP contribution in [0.15, 0.2) is 18.2 Å². The summed E-state index contributed by atoms with van der Waals surface area (Å²) in [7, 11) is 0. The minimum atomic E-state index is 0.477. The molecule has 0 spiro atoms. The Hall–Kier alpha value is -1.09. The zero-order valence-electron chi connectivity index (χ0n) is 11.9. The van der Waals surface area contributed by atoms with Crippen molar-refractivity contribution >= 4 is 22.9 Å². The van der Waals surface area contributed by atoms with Crippen LogP contribution in [0.25, 0.3) is 0 Å². The highest BCUT2D eigenvalue weighted by molar-refractivity contribution is 7.80. The molecule has 1 aliphatic rings. The highest BCUT2D eigenvalue weighted by Crippen LogP contribution is 2.29. The summed E-state index contributed by atoms with van der Waals surface area (Å²) in [6.45, 7) is 4.40. The van der Waals surface area contributed by atoms with Gasteiger partial charge in [0.15, 0.2) is 0 Å². The first-order valence-corrected chi connectivity index (χ1v) is 7.68. The van der Waals surface area contributed by atoms with E-state index in [1.165, 1.54) is 37.7 Å². The lowest BCUT2D eigenvalue weighted by molar-refractivity contribution is 0.330. The molecule has 0 atom stereocenters. The van der Waals surface area contributed by atoms with Gasteiger partial charge in [-0.05, 0) is 56.2 Å². The third-order valence-electron chi connectivity index (χ3n) is 4.22. The van der Waals surface area contributed by atoms with Crippen LogP contribution < -0.4 is 11.1 Å². The lowest BCUT2D eigenvalue weighted by atomic mass is 9.84. The van der Waals surface area contributed by atoms with Gasteiger partial charge in [0.05, 0.1) is 0 Å². The summed E-state index contributed by atoms with van der Waals surface area (Å²) in [5.74, 6) is 0.922. The largest absolute Gasteiger partial charge is 0.389 e. The van der Waals surface area contributed by atoms with Gasteiger partial charge in [0.25, 0.3) is 0 Å². The fraction of sp³-hybridized carbons (Fsp3) is 0.562. The molecule has 2 nitrogen and oxygen atoms in total. The molecule has 19 heavy (non-hydrogen) atoms. The van der Waals surface area contributed by atoms with Crippen molar-refractivity contribution in [2.75, 3.05) is 5.32 Å². The number of hydrogen-bond donors (Lipinski definition) is 2. The Kier molecular flexibility index (Phi) is 4.81. The van der Waals surface area contributed by atoms with Crippen LogP contribution in [0.2, 0.25) is 0 Å². The van der Waals surface area contributed by atoms with Gasteiger partial charge < -0.3 is 11.1 Å². The zero-order chi connectivity index (χ0) is 13.8. The number of anilines is 1. The van der Waals surface area contributed by atoms with Crippen LogP contribution in [0.5, 0.6) is 0 Å². The fourth-order valence-corrected chi connectivity index (χ4v) is 3.11. The molecule has 1 aliphatic carbocycles. The van der Waals surface area contributed by atoms with Gasteiger partial charge in [0.1, 0.15) is 4.99 Å². The SMILES string of the molecule is CCC1CCC(Nc2cc(C)ccc2C(N)=S)CC1. The van der Waals surface area contributed by atoms with Gasteiger partial charge in [-0.15, -0.1) is 0 Å². The van der Waals surface area contributed by atoms with Gasteiger partial charge in [-0.25, -0.2) is 0 Å². The molecule has 3 heteroatoms. The lowest BCUT2D eigenvalue weighted by Crippen LogP contribution is -2.27. The van der Waals surface area contributed by atoms with Crippen LogP contribution in [-0.4, -0.2) is 11.0 Å². The molecule has 0 aliphatic heterocycles. The van der Waals surface area contributed by atoms with E-state index in [2.05, 4.69) is 31.3 Å². The van der Waals surface area contributed by atoms with Crippen LogP contribution in [0.3, 0.4) is 0 Å². The number of benzene rings is 1. The van der Waals surface area contributed by atoms with Crippen LogP contribution in [0, 0.1) is 12.8 Å². The summed E-state index contributed by atoms with van der Waals surface area (Å²) in [4.78, 5) is 0.477. The smallest absolute Gasteiger partial charge is 0.106 e. The maximum Gasteiger partial charge on any atom is 0.106 e. The van der Waals surface area contributed by atoms with Gasteiger partial charge in [0.2, 0.25) is 0 Å². The molecule has 0 bridgehead atoms. The number of thiocarbonyl (C=S) groups is 1. The molecule has 0 heterocycles. The van der Waals surface area contributed by atoms with Crippen LogP contribution in [0.1, 0.15) is 50.2 Å². The maximum atomic E-state index is 5.80. The van der Waals surface area contributed by atoms with Gasteiger partial charge in [-0.3, -0.25) is 0 Å². The second-order valence-electron chi connectivity index (χ2n) is 5.68. The second kappa shape index (κ2) is 6.38. The fourth-order valence-electron chi connectivity index (χ4n) is 2.93. The van der Waals surface area contributed by atoms with Crippen molar-refractivity contribution in [2.45, 2.75) is 52.0 Å². The number of nitrogens with two attached hydrogens (primary N) is 1. The predicted molar refractivity (Wildman–Crippen MR) is 86.7 cm³/mol. The van der Waals surface area contributed by atoms with Crippen molar-refractivity contribution in [2.24, 2.45) is 11.7 Å². The van der Waals surface area contributed by atoms with Crippen molar-refractivity contribution in [1.82, 2.24) is 0 Å².